The van der Waals surface area contributed by atoms with Gasteiger partial charge in [-0.2, -0.15) is 0 Å². The van der Waals surface area contributed by atoms with Crippen LogP contribution in [0.3, 0.4) is 0 Å². The van der Waals surface area contributed by atoms with Crippen LogP contribution in [0, 0.1) is 13.8 Å². The number of aromatic nitrogens is 1. The summed E-state index contributed by atoms with van der Waals surface area (Å²) in [5.41, 5.74) is 3.44. The summed E-state index contributed by atoms with van der Waals surface area (Å²) in [6, 6.07) is 10.5. The number of rotatable bonds is 5. The third-order valence-corrected chi connectivity index (χ3v) is 3.30. The molecule has 106 valence electrons. The predicted octanol–water partition coefficient (Wildman–Crippen LogP) is 4.16. The highest BCUT2D eigenvalue weighted by molar-refractivity contribution is 5.36. The van der Waals surface area contributed by atoms with E-state index in [1.807, 2.05) is 31.3 Å². The molecule has 0 bridgehead atoms. The van der Waals surface area contributed by atoms with E-state index < -0.39 is 0 Å². The summed E-state index contributed by atoms with van der Waals surface area (Å²) in [7, 11) is 1.95. The third-order valence-electron chi connectivity index (χ3n) is 3.30. The van der Waals surface area contributed by atoms with Gasteiger partial charge in [-0.25, -0.2) is 0 Å². The highest BCUT2D eigenvalue weighted by Gasteiger charge is 2.08. The van der Waals surface area contributed by atoms with Crippen LogP contribution in [0.25, 0.3) is 0 Å². The van der Waals surface area contributed by atoms with E-state index in [2.05, 4.69) is 37.1 Å². The van der Waals surface area contributed by atoms with Crippen LogP contribution in [-0.4, -0.2) is 12.0 Å². The molecule has 0 saturated carbocycles. The van der Waals surface area contributed by atoms with Crippen LogP contribution in [0.2, 0.25) is 0 Å². The van der Waals surface area contributed by atoms with Crippen molar-refractivity contribution in [1.29, 1.82) is 0 Å². The summed E-state index contributed by atoms with van der Waals surface area (Å²) < 4.78 is 5.86. The zero-order valence-electron chi connectivity index (χ0n) is 12.6. The maximum Gasteiger partial charge on any atom is 0.145 e. The largest absolute Gasteiger partial charge is 0.456 e. The number of hydrogen-bond donors (Lipinski definition) is 1. The van der Waals surface area contributed by atoms with Gasteiger partial charge < -0.3 is 10.1 Å². The molecule has 0 fully saturated rings. The van der Waals surface area contributed by atoms with Crippen LogP contribution in [0.5, 0.6) is 11.5 Å². The maximum absolute atomic E-state index is 5.86. The fraction of sp³-hybridized carbons (Fsp3) is 0.353. The summed E-state index contributed by atoms with van der Waals surface area (Å²) in [5, 5.41) is 3.25. The molecular formula is C17H22N2O. The van der Waals surface area contributed by atoms with Crippen LogP contribution >= 0.6 is 0 Å². The Balaban J connectivity index is 2.14. The smallest absolute Gasteiger partial charge is 0.145 e. The molecule has 1 atom stereocenters. The standard InChI is InChI=1S/C17H22N2O/c1-5-16(18-4)17-7-6-14(11-19-17)20-15-9-12(2)8-13(3)10-15/h6-11,16,18H,5H2,1-4H3. The lowest BCUT2D eigenvalue weighted by Crippen LogP contribution is -2.16. The zero-order chi connectivity index (χ0) is 14.5. The van der Waals surface area contributed by atoms with Gasteiger partial charge in [-0.3, -0.25) is 4.98 Å². The first-order valence-electron chi connectivity index (χ1n) is 7.01. The van der Waals surface area contributed by atoms with Crippen molar-refractivity contribution in [3.63, 3.8) is 0 Å². The van der Waals surface area contributed by atoms with Crippen LogP contribution in [0.4, 0.5) is 0 Å². The summed E-state index contributed by atoms with van der Waals surface area (Å²) in [4.78, 5) is 4.47. The van der Waals surface area contributed by atoms with E-state index in [1.165, 1.54) is 11.1 Å². The van der Waals surface area contributed by atoms with E-state index in [0.29, 0.717) is 6.04 Å². The first-order valence-corrected chi connectivity index (χ1v) is 7.01. The monoisotopic (exact) mass is 270 g/mol. The minimum absolute atomic E-state index is 0.297. The van der Waals surface area contributed by atoms with Crippen molar-refractivity contribution >= 4 is 0 Å². The van der Waals surface area contributed by atoms with E-state index >= 15 is 0 Å². The van der Waals surface area contributed by atoms with Gasteiger partial charge in [0.05, 0.1) is 11.9 Å². The van der Waals surface area contributed by atoms with Crippen molar-refractivity contribution in [2.45, 2.75) is 33.2 Å². The number of aryl methyl sites for hydroxylation is 2. The van der Waals surface area contributed by atoms with Gasteiger partial charge in [0.2, 0.25) is 0 Å². The van der Waals surface area contributed by atoms with Gasteiger partial charge in [0.15, 0.2) is 0 Å². The first kappa shape index (κ1) is 14.5. The molecule has 1 heterocycles. The van der Waals surface area contributed by atoms with Crippen molar-refractivity contribution in [3.8, 4) is 11.5 Å². The van der Waals surface area contributed by atoms with Crippen LogP contribution in [-0.2, 0) is 0 Å². The predicted molar refractivity (Wildman–Crippen MR) is 82.3 cm³/mol. The summed E-state index contributed by atoms with van der Waals surface area (Å²) >= 11 is 0. The lowest BCUT2D eigenvalue weighted by atomic mass is 10.1. The summed E-state index contributed by atoms with van der Waals surface area (Å²) in [6.07, 6.45) is 2.80. The van der Waals surface area contributed by atoms with Gasteiger partial charge in [-0.15, -0.1) is 0 Å². The van der Waals surface area contributed by atoms with Gasteiger partial charge in [0.1, 0.15) is 11.5 Å². The minimum Gasteiger partial charge on any atom is -0.456 e. The number of pyridine rings is 1. The second-order valence-electron chi connectivity index (χ2n) is 5.09. The molecule has 0 aliphatic heterocycles. The Morgan fingerprint density at radius 3 is 2.30 bits per heavy atom. The molecule has 3 heteroatoms. The van der Waals surface area contributed by atoms with Crippen molar-refractivity contribution in [2.24, 2.45) is 0 Å². The van der Waals surface area contributed by atoms with Gasteiger partial charge >= 0.3 is 0 Å². The number of ether oxygens (including phenoxy) is 1. The number of hydrogen-bond acceptors (Lipinski definition) is 3. The molecule has 1 N–H and O–H groups in total. The van der Waals surface area contributed by atoms with Crippen molar-refractivity contribution in [2.75, 3.05) is 7.05 Å². The van der Waals surface area contributed by atoms with Gasteiger partial charge in [0, 0.05) is 6.04 Å². The van der Waals surface area contributed by atoms with E-state index in [1.54, 1.807) is 6.20 Å². The van der Waals surface area contributed by atoms with Crippen LogP contribution in [0.1, 0.15) is 36.2 Å². The first-order chi connectivity index (χ1) is 9.62. The van der Waals surface area contributed by atoms with Crippen molar-refractivity contribution < 1.29 is 4.74 Å². The zero-order valence-corrected chi connectivity index (χ0v) is 12.6. The molecule has 2 rings (SSSR count). The highest BCUT2D eigenvalue weighted by Crippen LogP contribution is 2.24. The molecular weight excluding hydrogens is 248 g/mol. The highest BCUT2D eigenvalue weighted by atomic mass is 16.5. The van der Waals surface area contributed by atoms with Crippen molar-refractivity contribution in [3.05, 3.63) is 53.3 Å². The van der Waals surface area contributed by atoms with Gasteiger partial charge in [-0.1, -0.05) is 13.0 Å². The molecule has 0 radical (unpaired) electrons. The molecule has 1 aromatic heterocycles. The van der Waals surface area contributed by atoms with E-state index in [4.69, 9.17) is 4.74 Å². The Morgan fingerprint density at radius 1 is 1.10 bits per heavy atom. The topological polar surface area (TPSA) is 34.1 Å². The van der Waals surface area contributed by atoms with E-state index in [9.17, 15) is 0 Å². The molecule has 0 aliphatic carbocycles. The molecule has 0 aliphatic rings. The molecule has 20 heavy (non-hydrogen) atoms. The lowest BCUT2D eigenvalue weighted by Gasteiger charge is -2.13. The molecule has 2 aromatic rings. The van der Waals surface area contributed by atoms with Gasteiger partial charge in [-0.05, 0) is 62.7 Å². The average molecular weight is 270 g/mol. The number of nitrogens with one attached hydrogen (secondary N) is 1. The Labute approximate surface area is 121 Å². The molecule has 0 amide bonds. The second kappa shape index (κ2) is 6.53. The molecule has 1 unspecified atom stereocenters. The quantitative estimate of drug-likeness (QED) is 0.885. The van der Waals surface area contributed by atoms with Crippen molar-refractivity contribution in [1.82, 2.24) is 10.3 Å². The van der Waals surface area contributed by atoms with E-state index in [-0.39, 0.29) is 0 Å². The number of nitrogens with zero attached hydrogens (tertiary/aromatic N) is 1. The summed E-state index contributed by atoms with van der Waals surface area (Å²) in [5.74, 6) is 1.63. The normalized spacial score (nSPS) is 12.2. The lowest BCUT2D eigenvalue weighted by molar-refractivity contribution is 0.476. The number of benzene rings is 1. The fourth-order valence-electron chi connectivity index (χ4n) is 2.35. The minimum atomic E-state index is 0.297. The molecule has 0 spiro atoms. The van der Waals surface area contributed by atoms with Crippen LogP contribution in [0.15, 0.2) is 36.5 Å². The average Bonchev–Trinajstić information content (AvgIpc) is 2.41. The Morgan fingerprint density at radius 2 is 1.80 bits per heavy atom. The fourth-order valence-corrected chi connectivity index (χ4v) is 2.35. The van der Waals surface area contributed by atoms with Crippen LogP contribution < -0.4 is 10.1 Å². The SMILES string of the molecule is CCC(NC)c1ccc(Oc2cc(C)cc(C)c2)cn1. The Kier molecular flexibility index (Phi) is 4.74. The van der Waals surface area contributed by atoms with Gasteiger partial charge in [0.25, 0.3) is 0 Å². The third kappa shape index (κ3) is 3.58. The van der Waals surface area contributed by atoms with E-state index in [0.717, 1.165) is 23.6 Å². The molecule has 3 nitrogen and oxygen atoms in total. The second-order valence-corrected chi connectivity index (χ2v) is 5.09. The Hall–Kier alpha value is -1.87. The summed E-state index contributed by atoms with van der Waals surface area (Å²) in [6.45, 7) is 6.28. The molecule has 0 saturated heterocycles. The molecule has 1 aromatic carbocycles. The maximum atomic E-state index is 5.86. The Bertz CT molecular complexity index is 539.